The molecule has 0 fully saturated rings. The fourth-order valence-corrected chi connectivity index (χ4v) is 5.67. The standard InChI is InChI=1S/C33H36N4O5/c1-8-20-18(6)26-13-25-17(5)16(4)24(35-25)12-23(15(2)3)34-22(9-10-29(38)39)21-11-30(40)42-33(41)31-19(7)27(37-32(21)31)14-28(20)36-26/h12-15,35-36H,8-11H2,1-7H3,(H,38,39). The van der Waals surface area contributed by atoms with Crippen molar-refractivity contribution in [3.8, 4) is 0 Å². The number of carboxylic acids is 1. The third kappa shape index (κ3) is 5.15. The van der Waals surface area contributed by atoms with Crippen molar-refractivity contribution in [1.82, 2.24) is 19.9 Å². The monoisotopic (exact) mass is 568 g/mol. The molecule has 0 amide bonds. The quantitative estimate of drug-likeness (QED) is 0.247. The Morgan fingerprint density at radius 3 is 2.24 bits per heavy atom. The van der Waals surface area contributed by atoms with Gasteiger partial charge in [0.25, 0.3) is 0 Å². The number of carbonyl (C=O) groups excluding carboxylic acids is 2. The van der Waals surface area contributed by atoms with Crippen LogP contribution in [0.2, 0.25) is 0 Å². The predicted octanol–water partition coefficient (Wildman–Crippen LogP) is 6.19. The summed E-state index contributed by atoms with van der Waals surface area (Å²) in [7, 11) is 0. The fraction of sp³-hybridized carbons (Fsp3) is 0.364. The molecule has 0 saturated heterocycles. The molecule has 0 radical (unpaired) electrons. The molecule has 3 aromatic rings. The number of cyclic esters (lactones) is 2. The molecular weight excluding hydrogens is 532 g/mol. The SMILES string of the molecule is CCc1c(C)c2cc3[nH]c(cc(C(C)C)nc(CCC(=O)O)c4c5nc(cc1[nH]2)C(C)=C5C(=O)OC(=O)C4)c(C)c3C. The second-order valence-corrected chi connectivity index (χ2v) is 11.3. The lowest BCUT2D eigenvalue weighted by atomic mass is 9.99. The Hall–Kier alpha value is -4.53. The third-order valence-corrected chi connectivity index (χ3v) is 8.33. The maximum absolute atomic E-state index is 13.2. The van der Waals surface area contributed by atoms with Gasteiger partial charge in [0.05, 0.1) is 29.8 Å². The van der Waals surface area contributed by atoms with Crippen molar-refractivity contribution in [3.63, 3.8) is 0 Å². The summed E-state index contributed by atoms with van der Waals surface area (Å²) in [5, 5.41) is 9.57. The van der Waals surface area contributed by atoms with Crippen LogP contribution in [0.3, 0.4) is 0 Å². The molecular formula is C33H36N4O5. The molecule has 0 atom stereocenters. The average Bonchev–Trinajstić information content (AvgIpc) is 3.46. The van der Waals surface area contributed by atoms with Crippen molar-refractivity contribution in [3.05, 3.63) is 68.8 Å². The third-order valence-electron chi connectivity index (χ3n) is 8.33. The summed E-state index contributed by atoms with van der Waals surface area (Å²) in [6.45, 7) is 14.1. The Bertz CT molecular complexity index is 1860. The van der Waals surface area contributed by atoms with Crippen molar-refractivity contribution in [1.29, 1.82) is 0 Å². The van der Waals surface area contributed by atoms with Crippen LogP contribution in [0.1, 0.15) is 90.6 Å². The Morgan fingerprint density at radius 1 is 0.952 bits per heavy atom. The maximum atomic E-state index is 13.2. The first kappa shape index (κ1) is 29.0. The Labute approximate surface area is 244 Å². The number of aromatic nitrogens is 4. The highest BCUT2D eigenvalue weighted by atomic mass is 16.6. The van der Waals surface area contributed by atoms with E-state index in [1.54, 1.807) is 6.92 Å². The summed E-state index contributed by atoms with van der Waals surface area (Å²) in [5.74, 6) is -2.51. The normalized spacial score (nSPS) is 13.9. The molecule has 9 nitrogen and oxygen atoms in total. The van der Waals surface area contributed by atoms with E-state index in [0.29, 0.717) is 33.9 Å². The van der Waals surface area contributed by atoms with Crippen LogP contribution in [0.5, 0.6) is 0 Å². The van der Waals surface area contributed by atoms with E-state index in [1.807, 2.05) is 26.0 Å². The highest BCUT2D eigenvalue weighted by molar-refractivity contribution is 6.28. The molecule has 42 heavy (non-hydrogen) atoms. The summed E-state index contributed by atoms with van der Waals surface area (Å²) >= 11 is 0. The fourth-order valence-electron chi connectivity index (χ4n) is 5.67. The molecule has 6 bridgehead atoms. The second-order valence-electron chi connectivity index (χ2n) is 11.3. The van der Waals surface area contributed by atoms with Crippen LogP contribution in [-0.2, 0) is 38.4 Å². The molecule has 5 heterocycles. The zero-order chi connectivity index (χ0) is 30.5. The van der Waals surface area contributed by atoms with Crippen LogP contribution in [0.15, 0.2) is 18.2 Å². The number of rotatable bonds is 5. The minimum absolute atomic E-state index is 0.0304. The summed E-state index contributed by atoms with van der Waals surface area (Å²) in [6.07, 6.45) is 0.399. The number of hydrogen-bond acceptors (Lipinski definition) is 6. The number of aliphatic carboxylic acids is 1. The number of ether oxygens (including phenoxy) is 1. The molecule has 3 aromatic heterocycles. The number of allylic oxidation sites excluding steroid dienone is 1. The smallest absolute Gasteiger partial charge is 0.348 e. The lowest BCUT2D eigenvalue weighted by Gasteiger charge is -2.09. The van der Waals surface area contributed by atoms with Gasteiger partial charge in [-0.3, -0.25) is 14.6 Å². The number of aromatic amines is 2. The summed E-state index contributed by atoms with van der Waals surface area (Å²) < 4.78 is 5.17. The van der Waals surface area contributed by atoms with Crippen LogP contribution in [0.4, 0.5) is 0 Å². The molecule has 3 N–H and O–H groups in total. The van der Waals surface area contributed by atoms with E-state index in [9.17, 15) is 19.5 Å². The van der Waals surface area contributed by atoms with Gasteiger partial charge in [0.15, 0.2) is 0 Å². The van der Waals surface area contributed by atoms with Gasteiger partial charge in [-0.2, -0.15) is 0 Å². The van der Waals surface area contributed by atoms with Gasteiger partial charge in [0.1, 0.15) is 0 Å². The maximum Gasteiger partial charge on any atom is 0.348 e. The molecule has 2 aliphatic heterocycles. The molecule has 0 aliphatic carbocycles. The second kappa shape index (κ2) is 11.0. The number of nitrogens with one attached hydrogen (secondary N) is 2. The average molecular weight is 569 g/mol. The van der Waals surface area contributed by atoms with E-state index < -0.39 is 17.9 Å². The predicted molar refractivity (Wildman–Crippen MR) is 162 cm³/mol. The van der Waals surface area contributed by atoms with E-state index in [-0.39, 0.29) is 30.8 Å². The summed E-state index contributed by atoms with van der Waals surface area (Å²) in [5.41, 5.74) is 11.4. The molecule has 5 rings (SSSR count). The number of fused-ring (bicyclic) bond motifs is 5. The number of carbonyl (C=O) groups is 3. The zero-order valence-corrected chi connectivity index (χ0v) is 25.1. The number of hydrogen-bond donors (Lipinski definition) is 3. The number of H-pyrrole nitrogens is 2. The minimum Gasteiger partial charge on any atom is -0.481 e. The molecule has 0 spiro atoms. The molecule has 2 aliphatic rings. The van der Waals surface area contributed by atoms with Gasteiger partial charge in [-0.15, -0.1) is 0 Å². The van der Waals surface area contributed by atoms with Crippen LogP contribution in [0.25, 0.3) is 33.2 Å². The lowest BCUT2D eigenvalue weighted by Crippen LogP contribution is -2.12. The van der Waals surface area contributed by atoms with E-state index in [4.69, 9.17) is 14.7 Å². The summed E-state index contributed by atoms with van der Waals surface area (Å²) in [4.78, 5) is 54.7. The lowest BCUT2D eigenvalue weighted by molar-refractivity contribution is -0.154. The van der Waals surface area contributed by atoms with Crippen molar-refractivity contribution in [2.45, 2.75) is 80.1 Å². The van der Waals surface area contributed by atoms with Crippen molar-refractivity contribution in [2.75, 3.05) is 0 Å². The van der Waals surface area contributed by atoms with Crippen LogP contribution < -0.4 is 0 Å². The molecule has 0 aromatic carbocycles. The Morgan fingerprint density at radius 2 is 1.60 bits per heavy atom. The number of aryl methyl sites for hydroxylation is 5. The van der Waals surface area contributed by atoms with E-state index in [0.717, 1.165) is 50.7 Å². The van der Waals surface area contributed by atoms with E-state index in [1.165, 1.54) is 0 Å². The van der Waals surface area contributed by atoms with Gasteiger partial charge in [0.2, 0.25) is 0 Å². The van der Waals surface area contributed by atoms with Crippen LogP contribution in [-0.4, -0.2) is 43.0 Å². The van der Waals surface area contributed by atoms with Crippen molar-refractivity contribution >= 4 is 51.1 Å². The minimum atomic E-state index is -0.991. The van der Waals surface area contributed by atoms with Gasteiger partial charge in [-0.25, -0.2) is 9.78 Å². The largest absolute Gasteiger partial charge is 0.481 e. The topological polar surface area (TPSA) is 138 Å². The Balaban J connectivity index is 2.05. The van der Waals surface area contributed by atoms with E-state index in [2.05, 4.69) is 43.7 Å². The highest BCUT2D eigenvalue weighted by Gasteiger charge is 2.34. The highest BCUT2D eigenvalue weighted by Crippen LogP contribution is 2.36. The number of nitrogens with zero attached hydrogens (tertiary/aromatic N) is 2. The zero-order valence-electron chi connectivity index (χ0n) is 25.1. The first-order chi connectivity index (χ1) is 19.9. The van der Waals surface area contributed by atoms with Crippen LogP contribution in [0, 0.1) is 20.8 Å². The van der Waals surface area contributed by atoms with Gasteiger partial charge in [-0.05, 0) is 86.1 Å². The van der Waals surface area contributed by atoms with Gasteiger partial charge in [-0.1, -0.05) is 20.8 Å². The van der Waals surface area contributed by atoms with Gasteiger partial charge < -0.3 is 19.8 Å². The summed E-state index contributed by atoms with van der Waals surface area (Å²) in [6, 6.07) is 6.02. The first-order valence-corrected chi connectivity index (χ1v) is 14.3. The molecule has 0 saturated carbocycles. The Kier molecular flexibility index (Phi) is 7.62. The van der Waals surface area contributed by atoms with Crippen molar-refractivity contribution < 1.29 is 24.2 Å². The number of esters is 2. The van der Waals surface area contributed by atoms with E-state index >= 15 is 0 Å². The van der Waals surface area contributed by atoms with Gasteiger partial charge >= 0.3 is 17.9 Å². The first-order valence-electron chi connectivity index (χ1n) is 14.3. The molecule has 0 unspecified atom stereocenters. The van der Waals surface area contributed by atoms with Crippen LogP contribution >= 0.6 is 0 Å². The van der Waals surface area contributed by atoms with Crippen molar-refractivity contribution in [2.24, 2.45) is 0 Å². The van der Waals surface area contributed by atoms with Gasteiger partial charge in [0, 0.05) is 45.4 Å². The number of carboxylic acid groups (broad SMARTS) is 1. The molecule has 218 valence electrons. The molecule has 9 heteroatoms.